The van der Waals surface area contributed by atoms with Crippen LogP contribution in [0.25, 0.3) is 0 Å². The van der Waals surface area contributed by atoms with Crippen molar-refractivity contribution in [2.45, 2.75) is 70.9 Å². The number of piperidine rings is 1. The van der Waals surface area contributed by atoms with Gasteiger partial charge in [0.1, 0.15) is 0 Å². The van der Waals surface area contributed by atoms with Crippen LogP contribution in [0.3, 0.4) is 0 Å². The smallest absolute Gasteiger partial charge is 0.236 e. The summed E-state index contributed by atoms with van der Waals surface area (Å²) >= 11 is 0. The van der Waals surface area contributed by atoms with Gasteiger partial charge in [0.05, 0.1) is 6.54 Å². The Morgan fingerprint density at radius 1 is 1.05 bits per heavy atom. The summed E-state index contributed by atoms with van der Waals surface area (Å²) in [7, 11) is 2.02. The number of hydrogen-bond donors (Lipinski definition) is 1. The Morgan fingerprint density at radius 3 is 2.27 bits per heavy atom. The van der Waals surface area contributed by atoms with Gasteiger partial charge in [0.2, 0.25) is 5.91 Å². The molecule has 0 aromatic rings. The molecule has 0 unspecified atom stereocenters. The Labute approximate surface area is 136 Å². The third-order valence-corrected chi connectivity index (χ3v) is 5.60. The van der Waals surface area contributed by atoms with Crippen LogP contribution in [0.15, 0.2) is 0 Å². The molecule has 0 bridgehead atoms. The van der Waals surface area contributed by atoms with Crippen molar-refractivity contribution in [3.8, 4) is 0 Å². The number of amides is 1. The maximum atomic E-state index is 12.7. The van der Waals surface area contributed by atoms with Crippen molar-refractivity contribution < 1.29 is 4.79 Å². The Bertz CT molecular complexity index is 333. The van der Waals surface area contributed by atoms with Gasteiger partial charge in [0, 0.05) is 19.1 Å². The van der Waals surface area contributed by atoms with E-state index in [1.165, 1.54) is 38.5 Å². The predicted octanol–water partition coefficient (Wildman–Crippen LogP) is 2.49. The number of nitrogens with zero attached hydrogens (tertiary/aromatic N) is 2. The second kappa shape index (κ2) is 8.88. The minimum absolute atomic E-state index is 0.325. The molecule has 1 N–H and O–H groups in total. The lowest BCUT2D eigenvalue weighted by Crippen LogP contribution is -2.49. The zero-order chi connectivity index (χ0) is 15.9. The maximum Gasteiger partial charge on any atom is 0.236 e. The van der Waals surface area contributed by atoms with Crippen molar-refractivity contribution in [3.63, 3.8) is 0 Å². The van der Waals surface area contributed by atoms with E-state index in [1.54, 1.807) is 0 Å². The molecule has 1 aliphatic heterocycles. The molecular formula is C18H35N3O. The molecule has 0 aromatic carbocycles. The highest BCUT2D eigenvalue weighted by atomic mass is 16.2. The van der Waals surface area contributed by atoms with Gasteiger partial charge in [-0.05, 0) is 70.5 Å². The van der Waals surface area contributed by atoms with Gasteiger partial charge in [0.25, 0.3) is 0 Å². The zero-order valence-corrected chi connectivity index (χ0v) is 14.8. The molecule has 0 spiro atoms. The van der Waals surface area contributed by atoms with Gasteiger partial charge in [0.15, 0.2) is 0 Å². The van der Waals surface area contributed by atoms with E-state index >= 15 is 0 Å². The summed E-state index contributed by atoms with van der Waals surface area (Å²) in [4.78, 5) is 17.2. The van der Waals surface area contributed by atoms with E-state index in [0.717, 1.165) is 32.0 Å². The van der Waals surface area contributed by atoms with Crippen molar-refractivity contribution >= 4 is 5.91 Å². The van der Waals surface area contributed by atoms with Gasteiger partial charge >= 0.3 is 0 Å². The van der Waals surface area contributed by atoms with Crippen LogP contribution in [0.2, 0.25) is 0 Å². The van der Waals surface area contributed by atoms with Crippen LogP contribution < -0.4 is 5.32 Å². The van der Waals surface area contributed by atoms with Crippen LogP contribution >= 0.6 is 0 Å². The summed E-state index contributed by atoms with van der Waals surface area (Å²) in [6, 6.07) is 1.06. The third kappa shape index (κ3) is 4.95. The monoisotopic (exact) mass is 309 g/mol. The molecule has 128 valence electrons. The molecule has 1 saturated heterocycles. The van der Waals surface area contributed by atoms with Crippen LogP contribution in [0.1, 0.15) is 58.8 Å². The molecule has 0 aromatic heterocycles. The fraction of sp³-hybridized carbons (Fsp3) is 0.944. The quantitative estimate of drug-likeness (QED) is 0.819. The van der Waals surface area contributed by atoms with Crippen LogP contribution in [-0.2, 0) is 4.79 Å². The van der Waals surface area contributed by atoms with Crippen molar-refractivity contribution in [2.24, 2.45) is 5.92 Å². The average Bonchev–Trinajstić information content (AvgIpc) is 2.55. The highest BCUT2D eigenvalue weighted by molar-refractivity contribution is 5.78. The molecule has 2 aliphatic rings. The summed E-state index contributed by atoms with van der Waals surface area (Å²) < 4.78 is 0. The summed E-state index contributed by atoms with van der Waals surface area (Å²) in [6.07, 6.45) is 8.40. The molecule has 0 atom stereocenters. The third-order valence-electron chi connectivity index (χ3n) is 5.60. The lowest BCUT2D eigenvalue weighted by Gasteiger charge is -2.38. The first kappa shape index (κ1) is 17.7. The van der Waals surface area contributed by atoms with Crippen molar-refractivity contribution in [2.75, 3.05) is 33.2 Å². The first-order valence-corrected chi connectivity index (χ1v) is 9.32. The SMILES string of the molecule is CCCN(CC(=O)N(C)C1CCC(C)CC1)C1CCNCC1. The van der Waals surface area contributed by atoms with E-state index in [1.807, 2.05) is 7.05 Å². The second-order valence-corrected chi connectivity index (χ2v) is 7.37. The van der Waals surface area contributed by atoms with E-state index in [-0.39, 0.29) is 0 Å². The molecule has 1 aliphatic carbocycles. The van der Waals surface area contributed by atoms with Gasteiger partial charge in [-0.25, -0.2) is 0 Å². The van der Waals surface area contributed by atoms with E-state index in [9.17, 15) is 4.79 Å². The first-order valence-electron chi connectivity index (χ1n) is 9.32. The first-order chi connectivity index (χ1) is 10.6. The molecule has 1 heterocycles. The summed E-state index contributed by atoms with van der Waals surface area (Å²) in [5, 5.41) is 3.42. The maximum absolute atomic E-state index is 12.7. The average molecular weight is 309 g/mol. The van der Waals surface area contributed by atoms with Gasteiger partial charge < -0.3 is 10.2 Å². The van der Waals surface area contributed by atoms with E-state index < -0.39 is 0 Å². The summed E-state index contributed by atoms with van der Waals surface area (Å²) in [6.45, 7) is 8.39. The van der Waals surface area contributed by atoms with E-state index in [2.05, 4.69) is 29.0 Å². The predicted molar refractivity (Wildman–Crippen MR) is 91.9 cm³/mol. The van der Waals surface area contributed by atoms with Gasteiger partial charge in [-0.2, -0.15) is 0 Å². The lowest BCUT2D eigenvalue weighted by atomic mass is 9.87. The normalized spacial score (nSPS) is 27.1. The number of nitrogens with one attached hydrogen (secondary N) is 1. The van der Waals surface area contributed by atoms with Crippen LogP contribution in [0.5, 0.6) is 0 Å². The largest absolute Gasteiger partial charge is 0.342 e. The number of rotatable bonds is 6. The molecule has 4 nitrogen and oxygen atoms in total. The van der Waals surface area contributed by atoms with Crippen LogP contribution in [0, 0.1) is 5.92 Å². The van der Waals surface area contributed by atoms with Crippen molar-refractivity contribution in [1.82, 2.24) is 15.1 Å². The van der Waals surface area contributed by atoms with Gasteiger partial charge in [-0.3, -0.25) is 9.69 Å². The van der Waals surface area contributed by atoms with Gasteiger partial charge in [-0.15, -0.1) is 0 Å². The fourth-order valence-corrected chi connectivity index (χ4v) is 3.97. The summed E-state index contributed by atoms with van der Waals surface area (Å²) in [5.41, 5.74) is 0. The van der Waals surface area contributed by atoms with Crippen LogP contribution in [-0.4, -0.2) is 61.0 Å². The van der Waals surface area contributed by atoms with E-state index in [0.29, 0.717) is 24.5 Å². The Balaban J connectivity index is 1.86. The molecule has 2 fully saturated rings. The number of likely N-dealkylation sites (N-methyl/N-ethyl adjacent to an activating group) is 1. The van der Waals surface area contributed by atoms with Crippen molar-refractivity contribution in [1.29, 1.82) is 0 Å². The Kier molecular flexibility index (Phi) is 7.16. The van der Waals surface area contributed by atoms with Gasteiger partial charge in [-0.1, -0.05) is 13.8 Å². The minimum Gasteiger partial charge on any atom is -0.342 e. The number of hydrogen-bond acceptors (Lipinski definition) is 3. The molecule has 2 rings (SSSR count). The molecule has 4 heteroatoms. The summed E-state index contributed by atoms with van der Waals surface area (Å²) in [5.74, 6) is 1.16. The topological polar surface area (TPSA) is 35.6 Å². The lowest BCUT2D eigenvalue weighted by molar-refractivity contribution is -0.134. The second-order valence-electron chi connectivity index (χ2n) is 7.37. The molecule has 1 saturated carbocycles. The standard InChI is InChI=1S/C18H35N3O/c1-4-13-21(17-9-11-19-12-10-17)14-18(22)20(3)16-7-5-15(2)6-8-16/h15-17,19H,4-14H2,1-3H3. The Hall–Kier alpha value is -0.610. The highest BCUT2D eigenvalue weighted by Gasteiger charge is 2.28. The zero-order valence-electron chi connectivity index (χ0n) is 14.8. The fourth-order valence-electron chi connectivity index (χ4n) is 3.97. The Morgan fingerprint density at radius 2 is 1.68 bits per heavy atom. The molecule has 1 amide bonds. The van der Waals surface area contributed by atoms with Crippen LogP contribution in [0.4, 0.5) is 0 Å². The van der Waals surface area contributed by atoms with Crippen molar-refractivity contribution in [3.05, 3.63) is 0 Å². The highest BCUT2D eigenvalue weighted by Crippen LogP contribution is 2.26. The van der Waals surface area contributed by atoms with E-state index in [4.69, 9.17) is 0 Å². The minimum atomic E-state index is 0.325. The molecular weight excluding hydrogens is 274 g/mol. The molecule has 0 radical (unpaired) electrons. The number of carbonyl (C=O) groups excluding carboxylic acids is 1. The molecule has 22 heavy (non-hydrogen) atoms. The number of carbonyl (C=O) groups is 1.